The fourth-order valence-electron chi connectivity index (χ4n) is 4.09. The van der Waals surface area contributed by atoms with Crippen LogP contribution in [-0.4, -0.2) is 38.8 Å². The number of sulfonamides is 1. The summed E-state index contributed by atoms with van der Waals surface area (Å²) in [6.45, 7) is 2.28. The van der Waals surface area contributed by atoms with Crippen LogP contribution >= 0.6 is 0 Å². The van der Waals surface area contributed by atoms with Crippen LogP contribution < -0.4 is 10.1 Å². The van der Waals surface area contributed by atoms with Gasteiger partial charge in [0.25, 0.3) is 0 Å². The molecular formula is C24H29F3N2O4S. The Labute approximate surface area is 198 Å². The Morgan fingerprint density at radius 2 is 1.79 bits per heavy atom. The molecule has 1 N–H and O–H groups in total. The van der Waals surface area contributed by atoms with Crippen LogP contribution in [0.4, 0.5) is 13.2 Å². The minimum atomic E-state index is -4.46. The molecule has 1 aliphatic rings. The monoisotopic (exact) mass is 498 g/mol. The summed E-state index contributed by atoms with van der Waals surface area (Å²) in [5, 5.41) is 2.89. The third-order valence-corrected chi connectivity index (χ3v) is 7.94. The lowest BCUT2D eigenvalue weighted by atomic mass is 9.95. The molecule has 186 valence electrons. The topological polar surface area (TPSA) is 75.7 Å². The van der Waals surface area contributed by atoms with Gasteiger partial charge in [0.1, 0.15) is 5.75 Å². The number of rotatable bonds is 8. The maximum atomic E-state index is 13.1. The molecule has 6 nitrogen and oxygen atoms in total. The first-order valence-corrected chi connectivity index (χ1v) is 12.6. The number of amides is 1. The number of piperidine rings is 1. The van der Waals surface area contributed by atoms with Crippen LogP contribution in [0, 0.1) is 5.92 Å². The molecule has 0 saturated carbocycles. The van der Waals surface area contributed by atoms with Crippen molar-refractivity contribution in [2.45, 2.75) is 49.7 Å². The van der Waals surface area contributed by atoms with Crippen LogP contribution in [0.5, 0.6) is 5.75 Å². The molecule has 1 heterocycles. The van der Waals surface area contributed by atoms with Gasteiger partial charge in [0.05, 0.1) is 23.6 Å². The SMILES string of the molecule is CCCC(NC(=O)C1CCN(S(=O)(=O)c2ccc(OC)cc2)CC1)c1cccc(C(F)(F)F)c1. The van der Waals surface area contributed by atoms with Gasteiger partial charge in [-0.1, -0.05) is 25.5 Å². The number of nitrogens with one attached hydrogen (secondary N) is 1. The minimum Gasteiger partial charge on any atom is -0.497 e. The molecule has 0 spiro atoms. The van der Waals surface area contributed by atoms with Gasteiger partial charge in [0.2, 0.25) is 15.9 Å². The van der Waals surface area contributed by atoms with E-state index in [1.807, 2.05) is 6.92 Å². The van der Waals surface area contributed by atoms with E-state index in [9.17, 15) is 26.4 Å². The summed E-state index contributed by atoms with van der Waals surface area (Å²) in [6, 6.07) is 10.6. The number of benzene rings is 2. The number of carbonyl (C=O) groups excluding carboxylic acids is 1. The first kappa shape index (κ1) is 26.0. The smallest absolute Gasteiger partial charge is 0.416 e. The average molecular weight is 499 g/mol. The second-order valence-electron chi connectivity index (χ2n) is 8.33. The molecule has 1 amide bonds. The van der Waals surface area contributed by atoms with E-state index in [0.29, 0.717) is 37.0 Å². The summed E-state index contributed by atoms with van der Waals surface area (Å²) in [6.07, 6.45) is -2.61. The fourth-order valence-corrected chi connectivity index (χ4v) is 5.56. The maximum absolute atomic E-state index is 13.1. The van der Waals surface area contributed by atoms with Crippen molar-refractivity contribution in [3.05, 3.63) is 59.7 Å². The van der Waals surface area contributed by atoms with Crippen LogP contribution in [0.15, 0.2) is 53.4 Å². The zero-order chi connectivity index (χ0) is 24.9. The number of hydrogen-bond donors (Lipinski definition) is 1. The molecule has 0 radical (unpaired) electrons. The lowest BCUT2D eigenvalue weighted by molar-refractivity contribution is -0.137. The number of halogens is 3. The van der Waals surface area contributed by atoms with Crippen LogP contribution in [0.1, 0.15) is 49.8 Å². The van der Waals surface area contributed by atoms with Gasteiger partial charge in [0, 0.05) is 19.0 Å². The summed E-state index contributed by atoms with van der Waals surface area (Å²) in [4.78, 5) is 13.1. The summed E-state index contributed by atoms with van der Waals surface area (Å²) >= 11 is 0. The molecule has 10 heteroatoms. The molecule has 3 rings (SSSR count). The van der Waals surface area contributed by atoms with Crippen molar-refractivity contribution in [1.29, 1.82) is 0 Å². The van der Waals surface area contributed by atoms with Gasteiger partial charge >= 0.3 is 6.18 Å². The highest BCUT2D eigenvalue weighted by Crippen LogP contribution is 2.32. The minimum absolute atomic E-state index is 0.156. The summed E-state index contributed by atoms with van der Waals surface area (Å²) in [5.41, 5.74) is -0.345. The van der Waals surface area contributed by atoms with Crippen molar-refractivity contribution in [2.75, 3.05) is 20.2 Å². The second-order valence-corrected chi connectivity index (χ2v) is 10.3. The van der Waals surface area contributed by atoms with Crippen LogP contribution in [0.25, 0.3) is 0 Å². The molecule has 2 aromatic rings. The van der Waals surface area contributed by atoms with Gasteiger partial charge in [-0.05, 0) is 61.2 Å². The van der Waals surface area contributed by atoms with Crippen molar-refractivity contribution < 1.29 is 31.1 Å². The van der Waals surface area contributed by atoms with E-state index >= 15 is 0 Å². The van der Waals surface area contributed by atoms with Crippen LogP contribution in [-0.2, 0) is 21.0 Å². The molecule has 0 bridgehead atoms. The lowest BCUT2D eigenvalue weighted by Gasteiger charge is -2.31. The first-order valence-electron chi connectivity index (χ1n) is 11.2. The molecule has 1 saturated heterocycles. The van der Waals surface area contributed by atoms with E-state index in [-0.39, 0.29) is 23.9 Å². The Bertz CT molecular complexity index is 1080. The van der Waals surface area contributed by atoms with E-state index in [2.05, 4.69) is 5.32 Å². The second kappa shape index (κ2) is 10.8. The molecule has 2 aromatic carbocycles. The van der Waals surface area contributed by atoms with Crippen molar-refractivity contribution in [2.24, 2.45) is 5.92 Å². The number of alkyl halides is 3. The highest BCUT2D eigenvalue weighted by molar-refractivity contribution is 7.89. The molecule has 0 aromatic heterocycles. The summed E-state index contributed by atoms with van der Waals surface area (Å²) in [5.74, 6) is -0.124. The third kappa shape index (κ3) is 6.09. The Kier molecular flexibility index (Phi) is 8.25. The Balaban J connectivity index is 1.65. The van der Waals surface area contributed by atoms with Gasteiger partial charge in [-0.25, -0.2) is 8.42 Å². The molecule has 1 atom stereocenters. The normalized spacial score (nSPS) is 16.7. The first-order chi connectivity index (χ1) is 16.1. The van der Waals surface area contributed by atoms with Crippen molar-refractivity contribution in [3.63, 3.8) is 0 Å². The number of hydrogen-bond acceptors (Lipinski definition) is 4. The molecule has 1 aliphatic heterocycles. The predicted octanol–water partition coefficient (Wildman–Crippen LogP) is 4.77. The number of nitrogens with zero attached hydrogens (tertiary/aromatic N) is 1. The van der Waals surface area contributed by atoms with E-state index in [0.717, 1.165) is 12.1 Å². The zero-order valence-corrected chi connectivity index (χ0v) is 20.0. The number of ether oxygens (including phenoxy) is 1. The molecular weight excluding hydrogens is 469 g/mol. The van der Waals surface area contributed by atoms with Gasteiger partial charge in [-0.2, -0.15) is 17.5 Å². The fraction of sp³-hybridized carbons (Fsp3) is 0.458. The van der Waals surface area contributed by atoms with Gasteiger partial charge in [0.15, 0.2) is 0 Å². The zero-order valence-electron chi connectivity index (χ0n) is 19.1. The van der Waals surface area contributed by atoms with Crippen molar-refractivity contribution in [3.8, 4) is 5.75 Å². The quantitative estimate of drug-likeness (QED) is 0.569. The molecule has 0 aliphatic carbocycles. The number of methoxy groups -OCH3 is 1. The summed E-state index contributed by atoms with van der Waals surface area (Å²) in [7, 11) is -2.19. The lowest BCUT2D eigenvalue weighted by Crippen LogP contribution is -2.43. The average Bonchev–Trinajstić information content (AvgIpc) is 2.83. The maximum Gasteiger partial charge on any atom is 0.416 e. The van der Waals surface area contributed by atoms with Gasteiger partial charge in [-0.3, -0.25) is 4.79 Å². The largest absolute Gasteiger partial charge is 0.497 e. The highest BCUT2D eigenvalue weighted by atomic mass is 32.2. The summed E-state index contributed by atoms with van der Waals surface area (Å²) < 4.78 is 71.6. The van der Waals surface area contributed by atoms with E-state index in [1.54, 1.807) is 18.2 Å². The Hall–Kier alpha value is -2.59. The predicted molar refractivity (Wildman–Crippen MR) is 122 cm³/mol. The number of carbonyl (C=O) groups is 1. The molecule has 1 unspecified atom stereocenters. The van der Waals surface area contributed by atoms with E-state index in [1.165, 1.54) is 29.6 Å². The van der Waals surface area contributed by atoms with Crippen LogP contribution in [0.3, 0.4) is 0 Å². The van der Waals surface area contributed by atoms with Crippen molar-refractivity contribution in [1.82, 2.24) is 9.62 Å². The standard InChI is InChI=1S/C24H29F3N2O4S/c1-3-5-22(18-6-4-7-19(16-18)24(25,26)27)28-23(30)17-12-14-29(15-13-17)34(31,32)21-10-8-20(33-2)9-11-21/h4,6-11,16-17,22H,3,5,12-15H2,1-2H3,(H,28,30). The van der Waals surface area contributed by atoms with Gasteiger partial charge < -0.3 is 10.1 Å². The van der Waals surface area contributed by atoms with E-state index in [4.69, 9.17) is 4.74 Å². The van der Waals surface area contributed by atoms with Gasteiger partial charge in [-0.15, -0.1) is 0 Å². The Morgan fingerprint density at radius 1 is 1.15 bits per heavy atom. The Morgan fingerprint density at radius 3 is 2.35 bits per heavy atom. The molecule has 34 heavy (non-hydrogen) atoms. The van der Waals surface area contributed by atoms with Crippen LogP contribution in [0.2, 0.25) is 0 Å². The van der Waals surface area contributed by atoms with Crippen molar-refractivity contribution >= 4 is 15.9 Å². The third-order valence-electron chi connectivity index (χ3n) is 6.03. The molecule has 1 fully saturated rings. The van der Waals surface area contributed by atoms with E-state index < -0.39 is 33.7 Å². The highest BCUT2D eigenvalue weighted by Gasteiger charge is 2.34.